The third-order valence-corrected chi connectivity index (χ3v) is 5.76. The van der Waals surface area contributed by atoms with E-state index in [1.807, 2.05) is 11.0 Å². The number of halogens is 1. The highest BCUT2D eigenvalue weighted by molar-refractivity contribution is 6.32. The SMILES string of the molecule is COc1cc(/C=C/C(=O)N2CC[C@@H]3CCCC[C@@H]3C2)cc(Cl)c1OC. The Morgan fingerprint density at radius 3 is 2.64 bits per heavy atom. The summed E-state index contributed by atoms with van der Waals surface area (Å²) in [6, 6.07) is 3.60. The maximum Gasteiger partial charge on any atom is 0.246 e. The van der Waals surface area contributed by atoms with Gasteiger partial charge < -0.3 is 14.4 Å². The molecule has 1 heterocycles. The zero-order valence-corrected chi connectivity index (χ0v) is 15.7. The normalized spacial score (nSPS) is 23.4. The minimum atomic E-state index is 0.0786. The van der Waals surface area contributed by atoms with Crippen LogP contribution in [0.5, 0.6) is 11.5 Å². The van der Waals surface area contributed by atoms with Gasteiger partial charge in [-0.3, -0.25) is 4.79 Å². The van der Waals surface area contributed by atoms with Crippen LogP contribution in [0, 0.1) is 11.8 Å². The van der Waals surface area contributed by atoms with Crippen molar-refractivity contribution in [1.29, 1.82) is 0 Å². The molecule has 1 saturated heterocycles. The number of likely N-dealkylation sites (tertiary alicyclic amines) is 1. The van der Waals surface area contributed by atoms with Crippen molar-refractivity contribution in [3.05, 3.63) is 28.8 Å². The first-order chi connectivity index (χ1) is 12.1. The number of hydrogen-bond donors (Lipinski definition) is 0. The molecule has 0 radical (unpaired) electrons. The highest BCUT2D eigenvalue weighted by Crippen LogP contribution is 2.37. The standard InChI is InChI=1S/C20H26ClNO3/c1-24-18-12-14(11-17(21)20(18)25-2)7-8-19(23)22-10-9-15-5-3-4-6-16(15)13-22/h7-8,11-12,15-16H,3-6,9-10,13H2,1-2H3/b8-7+/t15-,16+/m0/s1. The first-order valence-electron chi connectivity index (χ1n) is 9.01. The largest absolute Gasteiger partial charge is 0.493 e. The number of fused-ring (bicyclic) bond motifs is 1. The Morgan fingerprint density at radius 1 is 1.16 bits per heavy atom. The van der Waals surface area contributed by atoms with E-state index >= 15 is 0 Å². The Labute approximate surface area is 154 Å². The van der Waals surface area contributed by atoms with E-state index in [1.54, 1.807) is 32.4 Å². The fourth-order valence-electron chi connectivity index (χ4n) is 4.11. The van der Waals surface area contributed by atoms with Crippen molar-refractivity contribution >= 4 is 23.6 Å². The Hall–Kier alpha value is -1.68. The molecule has 5 heteroatoms. The third kappa shape index (κ3) is 4.12. The van der Waals surface area contributed by atoms with Gasteiger partial charge in [-0.05, 0) is 48.4 Å². The molecule has 2 atom stereocenters. The van der Waals surface area contributed by atoms with Crippen LogP contribution in [0.2, 0.25) is 5.02 Å². The summed E-state index contributed by atoms with van der Waals surface area (Å²) in [6.45, 7) is 1.78. The molecule has 1 aromatic rings. The van der Waals surface area contributed by atoms with E-state index in [0.29, 0.717) is 22.4 Å². The summed E-state index contributed by atoms with van der Waals surface area (Å²) < 4.78 is 10.5. The van der Waals surface area contributed by atoms with Crippen molar-refractivity contribution in [1.82, 2.24) is 4.90 Å². The zero-order valence-electron chi connectivity index (χ0n) is 15.0. The molecule has 2 fully saturated rings. The van der Waals surface area contributed by atoms with Crippen molar-refractivity contribution < 1.29 is 14.3 Å². The minimum Gasteiger partial charge on any atom is -0.493 e. The monoisotopic (exact) mass is 363 g/mol. The van der Waals surface area contributed by atoms with E-state index in [-0.39, 0.29) is 5.91 Å². The van der Waals surface area contributed by atoms with Gasteiger partial charge in [0, 0.05) is 19.2 Å². The summed E-state index contributed by atoms with van der Waals surface area (Å²) in [5.74, 6) is 2.66. The van der Waals surface area contributed by atoms with Crippen LogP contribution < -0.4 is 9.47 Å². The van der Waals surface area contributed by atoms with Crippen molar-refractivity contribution in [2.24, 2.45) is 11.8 Å². The van der Waals surface area contributed by atoms with E-state index in [9.17, 15) is 4.79 Å². The highest BCUT2D eigenvalue weighted by Gasteiger charge is 2.32. The Morgan fingerprint density at radius 2 is 1.92 bits per heavy atom. The molecule has 1 aliphatic carbocycles. The lowest BCUT2D eigenvalue weighted by Gasteiger charge is -2.41. The number of piperidine rings is 1. The van der Waals surface area contributed by atoms with Crippen molar-refractivity contribution in [3.63, 3.8) is 0 Å². The second-order valence-corrected chi connectivity index (χ2v) is 7.36. The minimum absolute atomic E-state index is 0.0786. The van der Waals surface area contributed by atoms with Gasteiger partial charge in [-0.2, -0.15) is 0 Å². The Balaban J connectivity index is 1.67. The smallest absolute Gasteiger partial charge is 0.246 e. The first-order valence-corrected chi connectivity index (χ1v) is 9.38. The van der Waals surface area contributed by atoms with E-state index in [4.69, 9.17) is 21.1 Å². The molecule has 1 amide bonds. The van der Waals surface area contributed by atoms with Gasteiger partial charge in [0.25, 0.3) is 0 Å². The summed E-state index contributed by atoms with van der Waals surface area (Å²) in [6.07, 6.45) is 9.85. The molecule has 1 saturated carbocycles. The van der Waals surface area contributed by atoms with Crippen LogP contribution in [-0.2, 0) is 4.79 Å². The topological polar surface area (TPSA) is 38.8 Å². The van der Waals surface area contributed by atoms with Gasteiger partial charge in [0.2, 0.25) is 5.91 Å². The molecule has 2 aliphatic rings. The molecule has 136 valence electrons. The molecule has 0 unspecified atom stereocenters. The molecule has 1 aliphatic heterocycles. The van der Waals surface area contributed by atoms with Gasteiger partial charge in [-0.15, -0.1) is 0 Å². The van der Waals surface area contributed by atoms with Crippen LogP contribution in [-0.4, -0.2) is 38.1 Å². The van der Waals surface area contributed by atoms with Gasteiger partial charge in [0.15, 0.2) is 11.5 Å². The van der Waals surface area contributed by atoms with E-state index in [0.717, 1.165) is 31.0 Å². The molecule has 0 spiro atoms. The number of hydrogen-bond acceptors (Lipinski definition) is 3. The molecule has 1 aromatic carbocycles. The number of nitrogens with zero attached hydrogens (tertiary/aromatic N) is 1. The molecule has 0 aromatic heterocycles. The Kier molecular flexibility index (Phi) is 5.89. The molecule has 0 bridgehead atoms. The quantitative estimate of drug-likeness (QED) is 0.744. The molecular weight excluding hydrogens is 338 g/mol. The van der Waals surface area contributed by atoms with Crippen molar-refractivity contribution in [2.75, 3.05) is 27.3 Å². The number of benzene rings is 1. The number of carbonyl (C=O) groups is 1. The zero-order chi connectivity index (χ0) is 17.8. The lowest BCUT2D eigenvalue weighted by Crippen LogP contribution is -2.44. The number of ether oxygens (including phenoxy) is 2. The highest BCUT2D eigenvalue weighted by atomic mass is 35.5. The van der Waals surface area contributed by atoms with Gasteiger partial charge in [-0.1, -0.05) is 30.9 Å². The van der Waals surface area contributed by atoms with Gasteiger partial charge in [0.05, 0.1) is 19.2 Å². The van der Waals surface area contributed by atoms with E-state index in [1.165, 1.54) is 25.7 Å². The summed E-state index contributed by atoms with van der Waals surface area (Å²) in [4.78, 5) is 14.6. The van der Waals surface area contributed by atoms with Crippen LogP contribution in [0.15, 0.2) is 18.2 Å². The van der Waals surface area contributed by atoms with Crippen LogP contribution >= 0.6 is 11.6 Å². The Bertz CT molecular complexity index is 659. The first kappa shape index (κ1) is 18.1. The van der Waals surface area contributed by atoms with Crippen molar-refractivity contribution in [2.45, 2.75) is 32.1 Å². The molecule has 3 rings (SSSR count). The van der Waals surface area contributed by atoms with Crippen LogP contribution in [0.1, 0.15) is 37.7 Å². The molecular formula is C20H26ClNO3. The van der Waals surface area contributed by atoms with E-state index < -0.39 is 0 Å². The average Bonchev–Trinajstić information content (AvgIpc) is 2.65. The summed E-state index contributed by atoms with van der Waals surface area (Å²) >= 11 is 6.22. The van der Waals surface area contributed by atoms with Crippen molar-refractivity contribution in [3.8, 4) is 11.5 Å². The number of methoxy groups -OCH3 is 2. The summed E-state index contributed by atoms with van der Waals surface area (Å²) in [5, 5.41) is 0.469. The number of amides is 1. The predicted molar refractivity (Wildman–Crippen MR) is 100 cm³/mol. The second-order valence-electron chi connectivity index (χ2n) is 6.95. The summed E-state index contributed by atoms with van der Waals surface area (Å²) in [5.41, 5.74) is 0.823. The number of carbonyl (C=O) groups excluding carboxylic acids is 1. The van der Waals surface area contributed by atoms with Crippen LogP contribution in [0.25, 0.3) is 6.08 Å². The van der Waals surface area contributed by atoms with Crippen LogP contribution in [0.4, 0.5) is 0 Å². The lowest BCUT2D eigenvalue weighted by molar-refractivity contribution is -0.128. The fourth-order valence-corrected chi connectivity index (χ4v) is 4.40. The molecule has 4 nitrogen and oxygen atoms in total. The number of rotatable bonds is 4. The maximum absolute atomic E-state index is 12.6. The second kappa shape index (κ2) is 8.13. The predicted octanol–water partition coefficient (Wildman–Crippen LogP) is 4.41. The summed E-state index contributed by atoms with van der Waals surface area (Å²) in [7, 11) is 3.12. The van der Waals surface area contributed by atoms with Crippen LogP contribution in [0.3, 0.4) is 0 Å². The van der Waals surface area contributed by atoms with Gasteiger partial charge in [-0.25, -0.2) is 0 Å². The van der Waals surface area contributed by atoms with E-state index in [2.05, 4.69) is 0 Å². The fraction of sp³-hybridized carbons (Fsp3) is 0.550. The molecule has 0 N–H and O–H groups in total. The molecule has 25 heavy (non-hydrogen) atoms. The third-order valence-electron chi connectivity index (χ3n) is 5.48. The lowest BCUT2D eigenvalue weighted by atomic mass is 9.75. The van der Waals surface area contributed by atoms with Gasteiger partial charge in [0.1, 0.15) is 0 Å². The average molecular weight is 364 g/mol. The maximum atomic E-state index is 12.6. The van der Waals surface area contributed by atoms with Gasteiger partial charge >= 0.3 is 0 Å².